The molecule has 0 fully saturated rings. The molecule has 3 aromatic rings. The van der Waals surface area contributed by atoms with Crippen molar-refractivity contribution in [1.82, 2.24) is 14.9 Å². The predicted octanol–water partition coefficient (Wildman–Crippen LogP) is 3.76. The lowest BCUT2D eigenvalue weighted by molar-refractivity contribution is 0.205. The smallest absolute Gasteiger partial charge is 0.322 e. The number of H-pyrrole nitrogens is 1. The van der Waals surface area contributed by atoms with Gasteiger partial charge in [-0.1, -0.05) is 0 Å². The first-order valence-corrected chi connectivity index (χ1v) is 10.8. The molecule has 1 aliphatic heterocycles. The van der Waals surface area contributed by atoms with Gasteiger partial charge in [0.05, 0.1) is 19.3 Å². The van der Waals surface area contributed by atoms with Crippen molar-refractivity contribution in [2.75, 3.05) is 25.2 Å². The summed E-state index contributed by atoms with van der Waals surface area (Å²) in [4.78, 5) is 35.6. The Labute approximate surface area is 178 Å². The Morgan fingerprint density at radius 1 is 1.17 bits per heavy atom. The topological polar surface area (TPSA) is 87.3 Å². The number of thioether (sulfide) groups is 1. The summed E-state index contributed by atoms with van der Waals surface area (Å²) in [5, 5.41) is 2.92. The normalized spacial score (nSPS) is 12.9. The highest BCUT2D eigenvalue weighted by molar-refractivity contribution is 7.98. The van der Waals surface area contributed by atoms with Gasteiger partial charge in [0.25, 0.3) is 5.56 Å². The standard InChI is InChI=1S/C22H22N4O3S/c1-29-16-7-3-14(4-8-16)20-24-19-13-26(12-11-18(19)21(27)25-20)22(28)23-15-5-9-17(30-2)10-6-15/h3-10H,11-13H2,1-2H3,(H,23,28)(H,24,25,27). The van der Waals surface area contributed by atoms with E-state index in [0.29, 0.717) is 30.0 Å². The number of anilines is 1. The number of hydrogen-bond acceptors (Lipinski definition) is 5. The van der Waals surface area contributed by atoms with E-state index >= 15 is 0 Å². The second-order valence-corrected chi connectivity index (χ2v) is 7.78. The Bertz CT molecular complexity index is 1110. The van der Waals surface area contributed by atoms with Crippen LogP contribution in [-0.4, -0.2) is 40.8 Å². The minimum absolute atomic E-state index is 0.154. The first-order chi connectivity index (χ1) is 14.6. The fourth-order valence-corrected chi connectivity index (χ4v) is 3.78. The number of amides is 2. The molecule has 0 spiro atoms. The number of aromatic nitrogens is 2. The highest BCUT2D eigenvalue weighted by atomic mass is 32.2. The van der Waals surface area contributed by atoms with Crippen LogP contribution in [0.3, 0.4) is 0 Å². The quantitative estimate of drug-likeness (QED) is 0.625. The van der Waals surface area contributed by atoms with Crippen molar-refractivity contribution >= 4 is 23.5 Å². The molecule has 8 heteroatoms. The predicted molar refractivity (Wildman–Crippen MR) is 118 cm³/mol. The number of ether oxygens (including phenoxy) is 1. The summed E-state index contributed by atoms with van der Waals surface area (Å²) in [6.07, 6.45) is 2.48. The van der Waals surface area contributed by atoms with E-state index in [-0.39, 0.29) is 18.1 Å². The largest absolute Gasteiger partial charge is 0.497 e. The Hall–Kier alpha value is -3.26. The Morgan fingerprint density at radius 3 is 2.57 bits per heavy atom. The van der Waals surface area contributed by atoms with Crippen LogP contribution >= 0.6 is 11.8 Å². The van der Waals surface area contributed by atoms with Gasteiger partial charge in [-0.25, -0.2) is 9.78 Å². The maximum Gasteiger partial charge on any atom is 0.322 e. The van der Waals surface area contributed by atoms with E-state index in [1.807, 2.05) is 54.8 Å². The fourth-order valence-electron chi connectivity index (χ4n) is 3.38. The molecule has 154 valence electrons. The molecule has 0 saturated carbocycles. The molecule has 30 heavy (non-hydrogen) atoms. The zero-order chi connectivity index (χ0) is 21.1. The van der Waals surface area contributed by atoms with E-state index < -0.39 is 0 Å². The van der Waals surface area contributed by atoms with E-state index in [1.54, 1.807) is 23.8 Å². The van der Waals surface area contributed by atoms with Gasteiger partial charge in [0, 0.05) is 28.3 Å². The molecule has 0 atom stereocenters. The Balaban J connectivity index is 1.53. The monoisotopic (exact) mass is 422 g/mol. The van der Waals surface area contributed by atoms with Gasteiger partial charge in [-0.05, 0) is 61.2 Å². The van der Waals surface area contributed by atoms with Crippen LogP contribution < -0.4 is 15.6 Å². The molecule has 7 nitrogen and oxygen atoms in total. The first-order valence-electron chi connectivity index (χ1n) is 9.54. The van der Waals surface area contributed by atoms with Crippen LogP contribution in [-0.2, 0) is 13.0 Å². The lowest BCUT2D eigenvalue weighted by atomic mass is 10.1. The Morgan fingerprint density at radius 2 is 1.90 bits per heavy atom. The third-order valence-corrected chi connectivity index (χ3v) is 5.81. The molecular formula is C22H22N4O3S. The number of benzene rings is 2. The average molecular weight is 423 g/mol. The molecule has 2 amide bonds. The minimum atomic E-state index is -0.203. The SMILES string of the molecule is COc1ccc(-c2nc3c(c(=O)[nH]2)CCN(C(=O)Nc2ccc(SC)cc2)C3)cc1. The molecule has 2 heterocycles. The highest BCUT2D eigenvalue weighted by Gasteiger charge is 2.24. The summed E-state index contributed by atoms with van der Waals surface area (Å²) in [5.74, 6) is 1.21. The number of urea groups is 1. The van der Waals surface area contributed by atoms with Gasteiger partial charge in [0.2, 0.25) is 0 Å². The van der Waals surface area contributed by atoms with Crippen LogP contribution in [0.4, 0.5) is 10.5 Å². The van der Waals surface area contributed by atoms with Crippen LogP contribution in [0.5, 0.6) is 5.75 Å². The van der Waals surface area contributed by atoms with Crippen molar-refractivity contribution < 1.29 is 9.53 Å². The third-order valence-electron chi connectivity index (χ3n) is 5.07. The van der Waals surface area contributed by atoms with Crippen LogP contribution in [0, 0.1) is 0 Å². The molecule has 4 rings (SSSR count). The number of nitrogens with zero attached hydrogens (tertiary/aromatic N) is 2. The van der Waals surface area contributed by atoms with Gasteiger partial charge in [-0.2, -0.15) is 0 Å². The van der Waals surface area contributed by atoms with Crippen molar-refractivity contribution in [2.24, 2.45) is 0 Å². The molecule has 0 radical (unpaired) electrons. The van der Waals surface area contributed by atoms with Gasteiger partial charge >= 0.3 is 6.03 Å². The van der Waals surface area contributed by atoms with Crippen molar-refractivity contribution in [3.63, 3.8) is 0 Å². The lowest BCUT2D eigenvalue weighted by Crippen LogP contribution is -2.41. The maximum atomic E-state index is 12.7. The van der Waals surface area contributed by atoms with E-state index in [9.17, 15) is 9.59 Å². The van der Waals surface area contributed by atoms with E-state index in [4.69, 9.17) is 4.74 Å². The van der Waals surface area contributed by atoms with E-state index in [0.717, 1.165) is 21.9 Å². The number of aromatic amines is 1. The molecule has 1 aliphatic rings. The average Bonchev–Trinajstić information content (AvgIpc) is 2.79. The number of hydrogen-bond donors (Lipinski definition) is 2. The van der Waals surface area contributed by atoms with Gasteiger partial charge in [-0.3, -0.25) is 4.79 Å². The fraction of sp³-hybridized carbons (Fsp3) is 0.227. The second kappa shape index (κ2) is 8.62. The molecule has 1 aromatic heterocycles. The van der Waals surface area contributed by atoms with Crippen molar-refractivity contribution in [3.8, 4) is 17.1 Å². The molecule has 0 aliphatic carbocycles. The highest BCUT2D eigenvalue weighted by Crippen LogP contribution is 2.22. The number of nitrogens with one attached hydrogen (secondary N) is 2. The van der Waals surface area contributed by atoms with Crippen molar-refractivity contribution in [1.29, 1.82) is 0 Å². The molecule has 2 N–H and O–H groups in total. The minimum Gasteiger partial charge on any atom is -0.497 e. The van der Waals surface area contributed by atoms with Gasteiger partial charge in [0.15, 0.2) is 0 Å². The van der Waals surface area contributed by atoms with E-state index in [2.05, 4.69) is 15.3 Å². The number of carbonyl (C=O) groups excluding carboxylic acids is 1. The third kappa shape index (κ3) is 4.18. The number of rotatable bonds is 4. The summed E-state index contributed by atoms with van der Waals surface area (Å²) in [6, 6.07) is 14.8. The second-order valence-electron chi connectivity index (χ2n) is 6.90. The molecule has 2 aromatic carbocycles. The summed E-state index contributed by atoms with van der Waals surface area (Å²) in [5.41, 5.74) is 2.63. The molecule has 0 bridgehead atoms. The van der Waals surface area contributed by atoms with Gasteiger partial charge < -0.3 is 19.9 Å². The number of carbonyl (C=O) groups is 1. The maximum absolute atomic E-state index is 12.7. The summed E-state index contributed by atoms with van der Waals surface area (Å²) >= 11 is 1.65. The molecule has 0 saturated heterocycles. The first kappa shape index (κ1) is 20.0. The summed E-state index contributed by atoms with van der Waals surface area (Å²) in [6.45, 7) is 0.755. The van der Waals surface area contributed by atoms with E-state index in [1.165, 1.54) is 0 Å². The van der Waals surface area contributed by atoms with Gasteiger partial charge in [0.1, 0.15) is 11.6 Å². The number of fused-ring (bicyclic) bond motifs is 1. The Kier molecular flexibility index (Phi) is 5.76. The molecular weight excluding hydrogens is 400 g/mol. The van der Waals surface area contributed by atoms with Crippen molar-refractivity contribution in [2.45, 2.75) is 17.9 Å². The molecule has 0 unspecified atom stereocenters. The number of methoxy groups -OCH3 is 1. The van der Waals surface area contributed by atoms with Crippen LogP contribution in [0.25, 0.3) is 11.4 Å². The zero-order valence-electron chi connectivity index (χ0n) is 16.8. The van der Waals surface area contributed by atoms with Crippen LogP contribution in [0.1, 0.15) is 11.3 Å². The van der Waals surface area contributed by atoms with Crippen LogP contribution in [0.15, 0.2) is 58.2 Å². The summed E-state index contributed by atoms with van der Waals surface area (Å²) in [7, 11) is 1.60. The van der Waals surface area contributed by atoms with Gasteiger partial charge in [-0.15, -0.1) is 11.8 Å². The van der Waals surface area contributed by atoms with Crippen LogP contribution in [0.2, 0.25) is 0 Å². The zero-order valence-corrected chi connectivity index (χ0v) is 17.6. The van der Waals surface area contributed by atoms with Crippen molar-refractivity contribution in [3.05, 3.63) is 70.1 Å². The summed E-state index contributed by atoms with van der Waals surface area (Å²) < 4.78 is 5.18. The lowest BCUT2D eigenvalue weighted by Gasteiger charge is -2.28.